The molecule has 1 aromatic heterocycles. The number of anilines is 1. The molecule has 0 unspecified atom stereocenters. The molecule has 2 rings (SSSR count). The number of benzene rings is 1. The predicted octanol–water partition coefficient (Wildman–Crippen LogP) is 4.70. The summed E-state index contributed by atoms with van der Waals surface area (Å²) < 4.78 is 0.962. The molecule has 1 N–H and O–H groups in total. The van der Waals surface area contributed by atoms with Crippen LogP contribution in [-0.2, 0) is 5.75 Å². The second-order valence-electron chi connectivity index (χ2n) is 4.69. The van der Waals surface area contributed by atoms with E-state index in [4.69, 9.17) is 0 Å². The fourth-order valence-electron chi connectivity index (χ4n) is 1.79. The largest absolute Gasteiger partial charge is 0.372 e. The van der Waals surface area contributed by atoms with E-state index in [1.54, 1.807) is 11.8 Å². The molecule has 0 aliphatic carbocycles. The van der Waals surface area contributed by atoms with E-state index < -0.39 is 0 Å². The third-order valence-electron chi connectivity index (χ3n) is 2.82. The fourth-order valence-corrected chi connectivity index (χ4v) is 3.40. The minimum atomic E-state index is 0.361. The van der Waals surface area contributed by atoms with Crippen LogP contribution in [0.2, 0.25) is 0 Å². The molecule has 0 spiro atoms. The van der Waals surface area contributed by atoms with Crippen LogP contribution in [0, 0.1) is 0 Å². The number of thioether (sulfide) groups is 1. The SMILES string of the molecule is CNc1nc(CSc2ccccc2)nc(C(C)C)c1Br. The molecule has 0 saturated heterocycles. The normalized spacial score (nSPS) is 10.8. The summed E-state index contributed by atoms with van der Waals surface area (Å²) in [5, 5.41) is 3.12. The smallest absolute Gasteiger partial charge is 0.144 e. The van der Waals surface area contributed by atoms with Gasteiger partial charge in [0.25, 0.3) is 0 Å². The first kappa shape index (κ1) is 15.3. The van der Waals surface area contributed by atoms with Gasteiger partial charge in [0.05, 0.1) is 15.9 Å². The number of aromatic nitrogens is 2. The number of hydrogen-bond donors (Lipinski definition) is 1. The quantitative estimate of drug-likeness (QED) is 0.792. The number of nitrogens with one attached hydrogen (secondary N) is 1. The summed E-state index contributed by atoms with van der Waals surface area (Å²) in [4.78, 5) is 10.5. The summed E-state index contributed by atoms with van der Waals surface area (Å²) in [6.07, 6.45) is 0. The van der Waals surface area contributed by atoms with Gasteiger partial charge < -0.3 is 5.32 Å². The van der Waals surface area contributed by atoms with E-state index in [2.05, 4.69) is 57.2 Å². The maximum absolute atomic E-state index is 4.68. The lowest BCUT2D eigenvalue weighted by atomic mass is 10.1. The van der Waals surface area contributed by atoms with Crippen molar-refractivity contribution < 1.29 is 0 Å². The standard InChI is InChI=1S/C15H18BrN3S/c1-10(2)14-13(16)15(17-3)19-12(18-14)9-20-11-7-5-4-6-8-11/h4-8,10H,9H2,1-3H3,(H,17,18,19). The molecular formula is C15H18BrN3S. The van der Waals surface area contributed by atoms with Gasteiger partial charge in [-0.15, -0.1) is 11.8 Å². The zero-order valence-corrected chi connectivity index (χ0v) is 14.3. The van der Waals surface area contributed by atoms with Crippen molar-refractivity contribution in [2.75, 3.05) is 12.4 Å². The predicted molar refractivity (Wildman–Crippen MR) is 89.4 cm³/mol. The van der Waals surface area contributed by atoms with Crippen LogP contribution in [-0.4, -0.2) is 17.0 Å². The van der Waals surface area contributed by atoms with Gasteiger partial charge in [-0.3, -0.25) is 0 Å². The van der Waals surface area contributed by atoms with E-state index in [-0.39, 0.29) is 0 Å². The summed E-state index contributed by atoms with van der Waals surface area (Å²) in [7, 11) is 1.88. The van der Waals surface area contributed by atoms with Crippen molar-refractivity contribution in [2.24, 2.45) is 0 Å². The third kappa shape index (κ3) is 3.73. The molecule has 5 heteroatoms. The molecule has 1 aromatic carbocycles. The first-order chi connectivity index (χ1) is 9.61. The van der Waals surface area contributed by atoms with E-state index in [1.165, 1.54) is 4.90 Å². The maximum Gasteiger partial charge on any atom is 0.144 e. The lowest BCUT2D eigenvalue weighted by Crippen LogP contribution is -2.06. The van der Waals surface area contributed by atoms with Gasteiger partial charge in [0.1, 0.15) is 11.6 Å². The maximum atomic E-state index is 4.68. The summed E-state index contributed by atoms with van der Waals surface area (Å²) in [6.45, 7) is 4.28. The van der Waals surface area contributed by atoms with Crippen molar-refractivity contribution in [1.82, 2.24) is 9.97 Å². The van der Waals surface area contributed by atoms with Crippen LogP contribution in [0.4, 0.5) is 5.82 Å². The fraction of sp³-hybridized carbons (Fsp3) is 0.333. The van der Waals surface area contributed by atoms with Crippen molar-refractivity contribution in [1.29, 1.82) is 0 Å². The van der Waals surface area contributed by atoms with E-state index in [9.17, 15) is 0 Å². The van der Waals surface area contributed by atoms with Gasteiger partial charge in [0.2, 0.25) is 0 Å². The molecule has 20 heavy (non-hydrogen) atoms. The number of rotatable bonds is 5. The van der Waals surface area contributed by atoms with Crippen molar-refractivity contribution in [3.63, 3.8) is 0 Å². The topological polar surface area (TPSA) is 37.8 Å². The van der Waals surface area contributed by atoms with Crippen LogP contribution in [0.3, 0.4) is 0 Å². The first-order valence-corrected chi connectivity index (χ1v) is 8.31. The molecule has 0 saturated carbocycles. The molecule has 0 fully saturated rings. The van der Waals surface area contributed by atoms with Crippen LogP contribution in [0.1, 0.15) is 31.3 Å². The van der Waals surface area contributed by atoms with Crippen molar-refractivity contribution in [3.8, 4) is 0 Å². The molecule has 1 heterocycles. The summed E-state index contributed by atoms with van der Waals surface area (Å²) in [5.74, 6) is 2.84. The Kier molecular flexibility index (Phi) is 5.43. The van der Waals surface area contributed by atoms with Crippen molar-refractivity contribution in [2.45, 2.75) is 30.4 Å². The van der Waals surface area contributed by atoms with Crippen LogP contribution in [0.5, 0.6) is 0 Å². The molecule has 106 valence electrons. The van der Waals surface area contributed by atoms with Gasteiger partial charge >= 0.3 is 0 Å². The van der Waals surface area contributed by atoms with Crippen molar-refractivity contribution in [3.05, 3.63) is 46.3 Å². The van der Waals surface area contributed by atoms with Crippen molar-refractivity contribution >= 4 is 33.5 Å². The minimum absolute atomic E-state index is 0.361. The molecule has 0 amide bonds. The Morgan fingerprint density at radius 2 is 1.90 bits per heavy atom. The zero-order chi connectivity index (χ0) is 14.5. The average molecular weight is 352 g/mol. The summed E-state index contributed by atoms with van der Waals surface area (Å²) in [5.41, 5.74) is 1.05. The Labute approximate surface area is 132 Å². The molecule has 0 radical (unpaired) electrons. The molecule has 2 aromatic rings. The Balaban J connectivity index is 2.21. The molecular weight excluding hydrogens is 334 g/mol. The second kappa shape index (κ2) is 7.09. The van der Waals surface area contributed by atoms with E-state index >= 15 is 0 Å². The van der Waals surface area contributed by atoms with Crippen LogP contribution < -0.4 is 5.32 Å². The van der Waals surface area contributed by atoms with E-state index in [1.807, 2.05) is 25.2 Å². The Bertz CT molecular complexity index is 573. The molecule has 0 atom stereocenters. The summed E-state index contributed by atoms with van der Waals surface area (Å²) in [6, 6.07) is 10.3. The lowest BCUT2D eigenvalue weighted by Gasteiger charge is -2.13. The molecule has 0 aliphatic rings. The Hall–Kier alpha value is -1.07. The van der Waals surface area contributed by atoms with Crippen LogP contribution >= 0.6 is 27.7 Å². The second-order valence-corrected chi connectivity index (χ2v) is 6.54. The zero-order valence-electron chi connectivity index (χ0n) is 11.9. The highest BCUT2D eigenvalue weighted by Crippen LogP contribution is 2.30. The highest BCUT2D eigenvalue weighted by Gasteiger charge is 2.14. The molecule has 0 aliphatic heterocycles. The lowest BCUT2D eigenvalue weighted by molar-refractivity contribution is 0.793. The Morgan fingerprint density at radius 3 is 2.50 bits per heavy atom. The van der Waals surface area contributed by atoms with E-state index in [0.717, 1.165) is 27.6 Å². The van der Waals surface area contributed by atoms with Gasteiger partial charge in [-0.05, 0) is 34.0 Å². The van der Waals surface area contributed by atoms with Gasteiger partial charge in [0, 0.05) is 11.9 Å². The average Bonchev–Trinajstić information content (AvgIpc) is 2.47. The van der Waals surface area contributed by atoms with Gasteiger partial charge in [-0.2, -0.15) is 0 Å². The number of halogens is 1. The highest BCUT2D eigenvalue weighted by atomic mass is 79.9. The highest BCUT2D eigenvalue weighted by molar-refractivity contribution is 9.10. The minimum Gasteiger partial charge on any atom is -0.372 e. The summed E-state index contributed by atoms with van der Waals surface area (Å²) >= 11 is 5.33. The van der Waals surface area contributed by atoms with Crippen LogP contribution in [0.15, 0.2) is 39.7 Å². The van der Waals surface area contributed by atoms with Crippen LogP contribution in [0.25, 0.3) is 0 Å². The monoisotopic (exact) mass is 351 g/mol. The van der Waals surface area contributed by atoms with Gasteiger partial charge in [0.15, 0.2) is 0 Å². The van der Waals surface area contributed by atoms with E-state index in [0.29, 0.717) is 5.92 Å². The number of nitrogens with zero attached hydrogens (tertiary/aromatic N) is 2. The third-order valence-corrected chi connectivity index (χ3v) is 4.61. The Morgan fingerprint density at radius 1 is 1.20 bits per heavy atom. The van der Waals surface area contributed by atoms with Gasteiger partial charge in [-0.25, -0.2) is 9.97 Å². The van der Waals surface area contributed by atoms with Gasteiger partial charge in [-0.1, -0.05) is 32.0 Å². The number of hydrogen-bond acceptors (Lipinski definition) is 4. The molecule has 0 bridgehead atoms. The first-order valence-electron chi connectivity index (χ1n) is 6.53. The molecule has 3 nitrogen and oxygen atoms in total.